The number of aryl methyl sites for hydroxylation is 2. The summed E-state index contributed by atoms with van der Waals surface area (Å²) in [5.41, 5.74) is 3.62. The molecule has 3 rings (SSSR count). The summed E-state index contributed by atoms with van der Waals surface area (Å²) in [6.07, 6.45) is 1.55. The zero-order valence-electron chi connectivity index (χ0n) is 13.9. The molecular weight excluding hydrogens is 338 g/mol. The number of fused-ring (bicyclic) bond motifs is 1. The molecule has 4 nitrogen and oxygen atoms in total. The van der Waals surface area contributed by atoms with E-state index < -0.39 is 0 Å². The van der Waals surface area contributed by atoms with Gasteiger partial charge < -0.3 is 5.32 Å². The lowest BCUT2D eigenvalue weighted by Gasteiger charge is -2.15. The molecule has 0 aliphatic heterocycles. The smallest absolute Gasteiger partial charge is 0.230 e. The Hall–Kier alpha value is -1.92. The van der Waals surface area contributed by atoms with E-state index in [1.54, 1.807) is 17.7 Å². The number of hydrogen-bond donors (Lipinski definition) is 1. The van der Waals surface area contributed by atoms with Gasteiger partial charge in [0.1, 0.15) is 16.2 Å². The Kier molecular flexibility index (Phi) is 5.16. The van der Waals surface area contributed by atoms with Crippen LogP contribution in [0.4, 0.5) is 0 Å². The fourth-order valence-electron chi connectivity index (χ4n) is 2.42. The van der Waals surface area contributed by atoms with Gasteiger partial charge in [-0.2, -0.15) is 0 Å². The van der Waals surface area contributed by atoms with Crippen LogP contribution >= 0.6 is 23.1 Å². The number of rotatable bonds is 5. The normalized spacial score (nSPS) is 12.3. The molecule has 0 fully saturated rings. The van der Waals surface area contributed by atoms with Crippen molar-refractivity contribution in [3.8, 4) is 0 Å². The molecule has 2 heterocycles. The van der Waals surface area contributed by atoms with Gasteiger partial charge in [0.25, 0.3) is 0 Å². The lowest BCUT2D eigenvalue weighted by Crippen LogP contribution is -2.28. The molecule has 0 unspecified atom stereocenters. The first-order chi connectivity index (χ1) is 11.5. The molecule has 124 valence electrons. The van der Waals surface area contributed by atoms with E-state index in [0.717, 1.165) is 20.8 Å². The fraction of sp³-hybridized carbons (Fsp3) is 0.278. The number of thioether (sulfide) groups is 1. The van der Waals surface area contributed by atoms with Crippen molar-refractivity contribution >= 4 is 39.2 Å². The minimum absolute atomic E-state index is 0.00715. The average Bonchev–Trinajstić information content (AvgIpc) is 3.04. The topological polar surface area (TPSA) is 54.9 Å². The number of amides is 1. The molecule has 0 aliphatic carbocycles. The van der Waals surface area contributed by atoms with E-state index in [1.165, 1.54) is 22.9 Å². The van der Waals surface area contributed by atoms with Crippen LogP contribution in [0.1, 0.15) is 29.7 Å². The predicted octanol–water partition coefficient (Wildman–Crippen LogP) is 4.28. The van der Waals surface area contributed by atoms with Crippen LogP contribution in [0.5, 0.6) is 0 Å². The van der Waals surface area contributed by atoms with Crippen LogP contribution in [0.2, 0.25) is 0 Å². The highest BCUT2D eigenvalue weighted by Crippen LogP contribution is 2.27. The van der Waals surface area contributed by atoms with Crippen LogP contribution < -0.4 is 5.32 Å². The maximum atomic E-state index is 12.3. The molecule has 0 aliphatic rings. The molecule has 3 aromatic rings. The van der Waals surface area contributed by atoms with E-state index in [4.69, 9.17) is 0 Å². The molecule has 6 heteroatoms. The molecule has 0 saturated carbocycles. The molecule has 0 radical (unpaired) electrons. The first kappa shape index (κ1) is 16.9. The maximum Gasteiger partial charge on any atom is 0.230 e. The van der Waals surface area contributed by atoms with Gasteiger partial charge in [0, 0.05) is 5.39 Å². The van der Waals surface area contributed by atoms with Gasteiger partial charge in [-0.15, -0.1) is 11.3 Å². The van der Waals surface area contributed by atoms with Crippen molar-refractivity contribution in [1.29, 1.82) is 0 Å². The van der Waals surface area contributed by atoms with Crippen molar-refractivity contribution in [3.05, 3.63) is 52.7 Å². The van der Waals surface area contributed by atoms with E-state index in [9.17, 15) is 4.79 Å². The summed E-state index contributed by atoms with van der Waals surface area (Å²) in [5, 5.41) is 6.92. The zero-order valence-corrected chi connectivity index (χ0v) is 15.5. The van der Waals surface area contributed by atoms with Gasteiger partial charge >= 0.3 is 0 Å². The van der Waals surface area contributed by atoms with E-state index in [1.807, 2.05) is 18.4 Å². The quantitative estimate of drug-likeness (QED) is 0.547. The van der Waals surface area contributed by atoms with Crippen LogP contribution in [-0.2, 0) is 4.79 Å². The summed E-state index contributed by atoms with van der Waals surface area (Å²) in [6, 6.07) is 8.28. The highest BCUT2D eigenvalue weighted by Gasteiger charge is 2.12. The van der Waals surface area contributed by atoms with Crippen LogP contribution in [0, 0.1) is 13.8 Å². The van der Waals surface area contributed by atoms with Crippen LogP contribution in [0.15, 0.2) is 41.0 Å². The second kappa shape index (κ2) is 7.32. The van der Waals surface area contributed by atoms with Gasteiger partial charge in [-0.3, -0.25) is 4.79 Å². The highest BCUT2D eigenvalue weighted by molar-refractivity contribution is 8.00. The Morgan fingerprint density at radius 3 is 2.88 bits per heavy atom. The van der Waals surface area contributed by atoms with E-state index in [0.29, 0.717) is 5.75 Å². The van der Waals surface area contributed by atoms with E-state index >= 15 is 0 Å². The minimum Gasteiger partial charge on any atom is -0.349 e. The maximum absolute atomic E-state index is 12.3. The Labute approximate surface area is 149 Å². The van der Waals surface area contributed by atoms with Gasteiger partial charge in [0.2, 0.25) is 5.91 Å². The van der Waals surface area contributed by atoms with Gasteiger partial charge in [0.05, 0.1) is 11.8 Å². The Morgan fingerprint density at radius 1 is 1.25 bits per heavy atom. The molecule has 0 saturated heterocycles. The number of nitrogens with one attached hydrogen (secondary N) is 1. The zero-order chi connectivity index (χ0) is 17.1. The first-order valence-electron chi connectivity index (χ1n) is 7.72. The van der Waals surface area contributed by atoms with Crippen LogP contribution in [-0.4, -0.2) is 21.6 Å². The van der Waals surface area contributed by atoms with Crippen molar-refractivity contribution in [2.24, 2.45) is 0 Å². The van der Waals surface area contributed by atoms with E-state index in [2.05, 4.69) is 47.3 Å². The summed E-state index contributed by atoms with van der Waals surface area (Å²) in [4.78, 5) is 21.7. The number of aromatic nitrogens is 2. The van der Waals surface area contributed by atoms with Crippen molar-refractivity contribution in [3.63, 3.8) is 0 Å². The third-order valence-electron chi connectivity index (χ3n) is 3.97. The largest absolute Gasteiger partial charge is 0.349 e. The van der Waals surface area contributed by atoms with Gasteiger partial charge in [-0.1, -0.05) is 30.0 Å². The summed E-state index contributed by atoms with van der Waals surface area (Å²) < 4.78 is 0. The van der Waals surface area contributed by atoms with Crippen molar-refractivity contribution in [1.82, 2.24) is 15.3 Å². The Morgan fingerprint density at radius 2 is 2.08 bits per heavy atom. The van der Waals surface area contributed by atoms with Crippen LogP contribution in [0.25, 0.3) is 10.2 Å². The number of nitrogens with zero attached hydrogens (tertiary/aromatic N) is 2. The second-order valence-electron chi connectivity index (χ2n) is 5.74. The molecular formula is C18H19N3OS2. The molecule has 1 amide bonds. The first-order valence-corrected chi connectivity index (χ1v) is 9.58. The monoisotopic (exact) mass is 357 g/mol. The lowest BCUT2D eigenvalue weighted by molar-refractivity contribution is -0.119. The molecule has 1 N–H and O–H groups in total. The van der Waals surface area contributed by atoms with E-state index in [-0.39, 0.29) is 11.9 Å². The molecule has 0 spiro atoms. The van der Waals surface area contributed by atoms with Gasteiger partial charge in [-0.05, 0) is 48.9 Å². The number of hydrogen-bond acceptors (Lipinski definition) is 5. The highest BCUT2D eigenvalue weighted by atomic mass is 32.2. The number of benzene rings is 1. The van der Waals surface area contributed by atoms with Crippen LogP contribution in [0.3, 0.4) is 0 Å². The third kappa shape index (κ3) is 3.76. The number of thiophene rings is 1. The van der Waals surface area contributed by atoms with Crippen molar-refractivity contribution in [2.45, 2.75) is 31.8 Å². The predicted molar refractivity (Wildman–Crippen MR) is 101 cm³/mol. The lowest BCUT2D eigenvalue weighted by atomic mass is 10.0. The summed E-state index contributed by atoms with van der Waals surface area (Å²) in [6.45, 7) is 6.19. The molecule has 24 heavy (non-hydrogen) atoms. The number of carbonyl (C=O) groups is 1. The molecule has 2 aromatic heterocycles. The molecule has 1 atom stereocenters. The number of carbonyl (C=O) groups excluding carboxylic acids is 1. The van der Waals surface area contributed by atoms with Gasteiger partial charge in [0.15, 0.2) is 0 Å². The molecule has 1 aromatic carbocycles. The van der Waals surface area contributed by atoms with Gasteiger partial charge in [-0.25, -0.2) is 9.97 Å². The van der Waals surface area contributed by atoms with Crippen molar-refractivity contribution in [2.75, 3.05) is 5.75 Å². The third-order valence-corrected chi connectivity index (χ3v) is 5.80. The second-order valence-corrected chi connectivity index (χ2v) is 7.60. The summed E-state index contributed by atoms with van der Waals surface area (Å²) in [7, 11) is 0. The van der Waals surface area contributed by atoms with Crippen molar-refractivity contribution < 1.29 is 4.79 Å². The Balaban J connectivity index is 1.61. The average molecular weight is 358 g/mol. The Bertz CT molecular complexity index is 876. The SMILES string of the molecule is Cc1ccc([C@H](C)NC(=O)CSc2ncnc3sccc23)cc1C. The molecule has 0 bridgehead atoms. The summed E-state index contributed by atoms with van der Waals surface area (Å²) in [5.74, 6) is 0.352. The summed E-state index contributed by atoms with van der Waals surface area (Å²) >= 11 is 3.03. The standard InChI is InChI=1S/C18H19N3OS2/c1-11-4-5-14(8-12(11)2)13(3)21-16(22)9-24-18-15-6-7-23-17(15)19-10-20-18/h4-8,10,13H,9H2,1-3H3,(H,21,22)/t13-/m0/s1. The fourth-order valence-corrected chi connectivity index (χ4v) is 4.01. The minimum atomic E-state index is -0.0102.